The molecule has 2 aromatic rings. The van der Waals surface area contributed by atoms with Gasteiger partial charge in [0.2, 0.25) is 5.95 Å². The van der Waals surface area contributed by atoms with Crippen LogP contribution in [-0.2, 0) is 16.0 Å². The molecular weight excluding hydrogens is 372 g/mol. The predicted octanol–water partition coefficient (Wildman–Crippen LogP) is 2.90. The van der Waals surface area contributed by atoms with Gasteiger partial charge in [0.05, 0.1) is 5.69 Å². The first-order valence-electron chi connectivity index (χ1n) is 8.15. The van der Waals surface area contributed by atoms with Crippen molar-refractivity contribution < 1.29 is 19.4 Å². The quantitative estimate of drug-likeness (QED) is 0.667. The zero-order valence-electron chi connectivity index (χ0n) is 15.2. The summed E-state index contributed by atoms with van der Waals surface area (Å²) < 4.78 is 5.10. The summed E-state index contributed by atoms with van der Waals surface area (Å²) in [4.78, 5) is 31.2. The van der Waals surface area contributed by atoms with Gasteiger partial charge < -0.3 is 20.9 Å². The molecular formula is C18H21ClN4O4. The Hall–Kier alpha value is -2.87. The van der Waals surface area contributed by atoms with E-state index in [4.69, 9.17) is 22.1 Å². The summed E-state index contributed by atoms with van der Waals surface area (Å²) in [6.07, 6.45) is -0.681. The van der Waals surface area contributed by atoms with Crippen molar-refractivity contribution in [2.45, 2.75) is 38.8 Å². The molecule has 0 radical (unpaired) electrons. The number of carboxylic acid groups (broad SMARTS) is 1. The maximum Gasteiger partial charge on any atom is 0.408 e. The summed E-state index contributed by atoms with van der Waals surface area (Å²) in [5.41, 5.74) is 6.90. The fraction of sp³-hybridized carbons (Fsp3) is 0.333. The molecule has 1 heterocycles. The highest BCUT2D eigenvalue weighted by Crippen LogP contribution is 2.21. The normalized spacial score (nSPS) is 12.3. The molecule has 1 aromatic carbocycles. The third kappa shape index (κ3) is 6.41. The first-order chi connectivity index (χ1) is 12.5. The van der Waals surface area contributed by atoms with Crippen LogP contribution in [0.1, 0.15) is 26.3 Å². The van der Waals surface area contributed by atoms with E-state index in [9.17, 15) is 14.7 Å². The molecule has 0 bridgehead atoms. The third-order valence-corrected chi connectivity index (χ3v) is 3.58. The van der Waals surface area contributed by atoms with Crippen molar-refractivity contribution in [1.29, 1.82) is 0 Å². The van der Waals surface area contributed by atoms with Crippen LogP contribution >= 0.6 is 11.6 Å². The van der Waals surface area contributed by atoms with Crippen LogP contribution in [0.4, 0.5) is 10.7 Å². The van der Waals surface area contributed by atoms with E-state index in [1.54, 1.807) is 51.1 Å². The Morgan fingerprint density at radius 3 is 2.41 bits per heavy atom. The molecule has 0 saturated heterocycles. The smallest absolute Gasteiger partial charge is 0.408 e. The van der Waals surface area contributed by atoms with Crippen LogP contribution in [0.2, 0.25) is 5.15 Å². The number of halogens is 1. The Balaban J connectivity index is 2.10. The van der Waals surface area contributed by atoms with Crippen molar-refractivity contribution in [2.24, 2.45) is 0 Å². The van der Waals surface area contributed by atoms with Crippen molar-refractivity contribution >= 4 is 29.6 Å². The standard InChI is InChI=1S/C18H21ClN4O4/c1-18(2,3)27-17(26)22-13(15(24)25)8-10-4-6-11(7-5-10)12-9-14(19)23-16(20)21-12/h4-7,9,13H,8H2,1-3H3,(H,22,26)(H,24,25)(H2,20,21,23). The SMILES string of the molecule is CC(C)(C)OC(=O)NC(Cc1ccc(-c2cc(Cl)nc(N)n2)cc1)C(=O)O. The van der Waals surface area contributed by atoms with Crippen LogP contribution in [0.15, 0.2) is 30.3 Å². The number of alkyl carbamates (subject to hydrolysis) is 1. The Morgan fingerprint density at radius 2 is 1.89 bits per heavy atom. The summed E-state index contributed by atoms with van der Waals surface area (Å²) in [6.45, 7) is 5.10. The fourth-order valence-electron chi connectivity index (χ4n) is 2.28. The van der Waals surface area contributed by atoms with Gasteiger partial charge in [0.1, 0.15) is 16.8 Å². The van der Waals surface area contributed by atoms with E-state index >= 15 is 0 Å². The van der Waals surface area contributed by atoms with Gasteiger partial charge >= 0.3 is 12.1 Å². The molecule has 9 heteroatoms. The number of anilines is 1. The second-order valence-corrected chi connectivity index (χ2v) is 7.26. The second kappa shape index (κ2) is 8.22. The molecule has 1 amide bonds. The predicted molar refractivity (Wildman–Crippen MR) is 101 cm³/mol. The Bertz CT molecular complexity index is 814. The lowest BCUT2D eigenvalue weighted by molar-refractivity contribution is -0.139. The summed E-state index contributed by atoms with van der Waals surface area (Å²) in [5.74, 6) is -1.09. The van der Waals surface area contributed by atoms with Gasteiger partial charge in [-0.15, -0.1) is 0 Å². The summed E-state index contributed by atoms with van der Waals surface area (Å²) in [6, 6.07) is 7.48. The average molecular weight is 393 g/mol. The fourth-order valence-corrected chi connectivity index (χ4v) is 2.47. The Morgan fingerprint density at radius 1 is 1.26 bits per heavy atom. The van der Waals surface area contributed by atoms with Gasteiger partial charge in [-0.25, -0.2) is 19.6 Å². The lowest BCUT2D eigenvalue weighted by Gasteiger charge is -2.22. The van der Waals surface area contributed by atoms with Crippen LogP contribution in [0.25, 0.3) is 11.3 Å². The van der Waals surface area contributed by atoms with Crippen molar-refractivity contribution in [3.8, 4) is 11.3 Å². The minimum atomic E-state index is -1.15. The lowest BCUT2D eigenvalue weighted by atomic mass is 10.0. The summed E-state index contributed by atoms with van der Waals surface area (Å²) in [5, 5.41) is 12.0. The number of hydrogen-bond donors (Lipinski definition) is 3. The monoisotopic (exact) mass is 392 g/mol. The van der Waals surface area contributed by atoms with Gasteiger partial charge in [-0.3, -0.25) is 0 Å². The van der Waals surface area contributed by atoms with Crippen molar-refractivity contribution in [3.63, 3.8) is 0 Å². The maximum absolute atomic E-state index is 11.8. The van der Waals surface area contributed by atoms with Crippen molar-refractivity contribution in [2.75, 3.05) is 5.73 Å². The molecule has 0 aliphatic carbocycles. The molecule has 0 saturated carbocycles. The number of nitrogens with zero attached hydrogens (tertiary/aromatic N) is 2. The topological polar surface area (TPSA) is 127 Å². The van der Waals surface area contributed by atoms with E-state index in [0.717, 1.165) is 11.1 Å². The number of ether oxygens (including phenoxy) is 1. The number of nitrogens with one attached hydrogen (secondary N) is 1. The number of rotatable bonds is 5. The minimum Gasteiger partial charge on any atom is -0.480 e. The molecule has 144 valence electrons. The average Bonchev–Trinajstić information content (AvgIpc) is 2.52. The number of amides is 1. The molecule has 0 aliphatic heterocycles. The molecule has 1 aromatic heterocycles. The number of hydrogen-bond acceptors (Lipinski definition) is 6. The third-order valence-electron chi connectivity index (χ3n) is 3.39. The minimum absolute atomic E-state index is 0.0640. The Labute approximate surface area is 161 Å². The van der Waals surface area contributed by atoms with E-state index in [1.807, 2.05) is 0 Å². The number of carboxylic acids is 1. The maximum atomic E-state index is 11.8. The number of nitrogen functional groups attached to an aromatic ring is 1. The molecule has 0 fully saturated rings. The number of aliphatic carboxylic acids is 1. The number of benzene rings is 1. The molecule has 1 unspecified atom stereocenters. The number of aromatic nitrogens is 2. The zero-order valence-corrected chi connectivity index (χ0v) is 15.9. The van der Waals surface area contributed by atoms with Crippen molar-refractivity contribution in [3.05, 3.63) is 41.0 Å². The highest BCUT2D eigenvalue weighted by Gasteiger charge is 2.24. The van der Waals surface area contributed by atoms with Gasteiger partial charge in [-0.2, -0.15) is 0 Å². The number of carbonyl (C=O) groups excluding carboxylic acids is 1. The first kappa shape index (κ1) is 20.4. The number of nitrogens with two attached hydrogens (primary N) is 1. The van der Waals surface area contributed by atoms with E-state index in [2.05, 4.69) is 15.3 Å². The lowest BCUT2D eigenvalue weighted by Crippen LogP contribution is -2.44. The van der Waals surface area contributed by atoms with Crippen LogP contribution in [-0.4, -0.2) is 38.8 Å². The van der Waals surface area contributed by atoms with E-state index < -0.39 is 23.7 Å². The van der Waals surface area contributed by atoms with Gasteiger partial charge in [0.15, 0.2) is 0 Å². The molecule has 1 atom stereocenters. The number of carbonyl (C=O) groups is 2. The molecule has 4 N–H and O–H groups in total. The van der Waals surface area contributed by atoms with Gasteiger partial charge in [0, 0.05) is 18.1 Å². The summed E-state index contributed by atoms with van der Waals surface area (Å²) in [7, 11) is 0. The second-order valence-electron chi connectivity index (χ2n) is 6.87. The molecule has 2 rings (SSSR count). The molecule has 27 heavy (non-hydrogen) atoms. The van der Waals surface area contributed by atoms with Gasteiger partial charge in [-0.05, 0) is 26.3 Å². The molecule has 0 aliphatic rings. The van der Waals surface area contributed by atoms with E-state index in [0.29, 0.717) is 5.69 Å². The van der Waals surface area contributed by atoms with Crippen molar-refractivity contribution in [1.82, 2.24) is 15.3 Å². The molecule has 0 spiro atoms. The van der Waals surface area contributed by atoms with Crippen LogP contribution in [0, 0.1) is 0 Å². The first-order valence-corrected chi connectivity index (χ1v) is 8.53. The molecule has 8 nitrogen and oxygen atoms in total. The zero-order chi connectivity index (χ0) is 20.2. The highest BCUT2D eigenvalue weighted by atomic mass is 35.5. The van der Waals surface area contributed by atoms with Gasteiger partial charge in [-0.1, -0.05) is 35.9 Å². The van der Waals surface area contributed by atoms with E-state index in [1.165, 1.54) is 0 Å². The Kier molecular flexibility index (Phi) is 6.22. The summed E-state index contributed by atoms with van der Waals surface area (Å²) >= 11 is 5.88. The van der Waals surface area contributed by atoms with Crippen LogP contribution in [0.5, 0.6) is 0 Å². The van der Waals surface area contributed by atoms with Gasteiger partial charge in [0.25, 0.3) is 0 Å². The van der Waals surface area contributed by atoms with Crippen LogP contribution < -0.4 is 11.1 Å². The van der Waals surface area contributed by atoms with Crippen LogP contribution in [0.3, 0.4) is 0 Å². The largest absolute Gasteiger partial charge is 0.480 e. The highest BCUT2D eigenvalue weighted by molar-refractivity contribution is 6.29. The van der Waals surface area contributed by atoms with E-state index in [-0.39, 0.29) is 17.5 Å².